The number of nitrogens with one attached hydrogen (secondary N) is 1. The molecule has 2 aliphatic heterocycles. The number of carbonyl (C=O) groups excluding carboxylic acids is 2. The van der Waals surface area contributed by atoms with Gasteiger partial charge < -0.3 is 15.1 Å². The van der Waals surface area contributed by atoms with E-state index in [9.17, 15) is 9.59 Å². The van der Waals surface area contributed by atoms with Crippen LogP contribution in [0.2, 0.25) is 0 Å². The lowest BCUT2D eigenvalue weighted by molar-refractivity contribution is -0.139. The molecule has 2 saturated heterocycles. The molecule has 0 aromatic rings. The summed E-state index contributed by atoms with van der Waals surface area (Å²) in [6, 6.07) is 0. The zero-order valence-electron chi connectivity index (χ0n) is 13.4. The highest BCUT2D eigenvalue weighted by Gasteiger charge is 2.25. The number of hydrogen-bond acceptors (Lipinski definition) is 3. The Morgan fingerprint density at radius 2 is 2.00 bits per heavy atom. The summed E-state index contributed by atoms with van der Waals surface area (Å²) in [5.41, 5.74) is 0. The van der Waals surface area contributed by atoms with Crippen LogP contribution in [-0.2, 0) is 9.59 Å². The van der Waals surface area contributed by atoms with Crippen molar-refractivity contribution in [2.75, 3.05) is 39.8 Å². The Kier molecular flexibility index (Phi) is 6.03. The van der Waals surface area contributed by atoms with Crippen molar-refractivity contribution in [2.24, 2.45) is 11.8 Å². The molecule has 120 valence electrons. The van der Waals surface area contributed by atoms with E-state index in [4.69, 9.17) is 0 Å². The summed E-state index contributed by atoms with van der Waals surface area (Å²) >= 11 is 0. The molecule has 2 unspecified atom stereocenters. The lowest BCUT2D eigenvalue weighted by Gasteiger charge is -2.29. The third-order valence-electron chi connectivity index (χ3n) is 4.89. The summed E-state index contributed by atoms with van der Waals surface area (Å²) in [6.45, 7) is 6.21. The maximum absolute atomic E-state index is 12.3. The minimum absolute atomic E-state index is 0.0929. The summed E-state index contributed by atoms with van der Waals surface area (Å²) in [7, 11) is 1.75. The van der Waals surface area contributed by atoms with Crippen LogP contribution in [0, 0.1) is 11.8 Å². The highest BCUT2D eigenvalue weighted by molar-refractivity contribution is 5.84. The largest absolute Gasteiger partial charge is 0.341 e. The molecular formula is C16H29N3O2. The first-order valence-corrected chi connectivity index (χ1v) is 8.30. The highest BCUT2D eigenvalue weighted by Crippen LogP contribution is 2.23. The van der Waals surface area contributed by atoms with Crippen LogP contribution in [0.5, 0.6) is 0 Å². The van der Waals surface area contributed by atoms with Crippen LogP contribution < -0.4 is 5.32 Å². The van der Waals surface area contributed by atoms with Gasteiger partial charge in [-0.3, -0.25) is 9.59 Å². The second kappa shape index (κ2) is 7.78. The molecular weight excluding hydrogens is 266 g/mol. The smallest absolute Gasteiger partial charge is 0.242 e. The van der Waals surface area contributed by atoms with Crippen molar-refractivity contribution in [2.45, 2.75) is 39.0 Å². The van der Waals surface area contributed by atoms with Crippen molar-refractivity contribution in [1.29, 1.82) is 0 Å². The molecule has 2 aliphatic rings. The summed E-state index contributed by atoms with van der Waals surface area (Å²) in [6.07, 6.45) is 5.14. The van der Waals surface area contributed by atoms with Gasteiger partial charge in [0, 0.05) is 26.6 Å². The number of likely N-dealkylation sites (N-methyl/N-ethyl adjacent to an activating group) is 1. The summed E-state index contributed by atoms with van der Waals surface area (Å²) in [4.78, 5) is 27.8. The second-order valence-electron chi connectivity index (χ2n) is 6.63. The fourth-order valence-electron chi connectivity index (χ4n) is 3.32. The van der Waals surface area contributed by atoms with E-state index in [0.717, 1.165) is 39.0 Å². The summed E-state index contributed by atoms with van der Waals surface area (Å²) in [5, 5.41) is 3.40. The number of nitrogens with zero attached hydrogens (tertiary/aromatic N) is 2. The molecule has 2 rings (SSSR count). The summed E-state index contributed by atoms with van der Waals surface area (Å²) in [5.74, 6) is 1.16. The Hall–Kier alpha value is -1.10. The maximum Gasteiger partial charge on any atom is 0.242 e. The van der Waals surface area contributed by atoms with Crippen molar-refractivity contribution in [1.82, 2.24) is 15.1 Å². The molecule has 21 heavy (non-hydrogen) atoms. The minimum Gasteiger partial charge on any atom is -0.341 e. The molecule has 0 aromatic heterocycles. The Bertz CT molecular complexity index is 361. The molecule has 0 aliphatic carbocycles. The zero-order valence-corrected chi connectivity index (χ0v) is 13.4. The van der Waals surface area contributed by atoms with Crippen LogP contribution in [-0.4, -0.2) is 61.4 Å². The number of likely N-dealkylation sites (tertiary alicyclic amines) is 1. The van der Waals surface area contributed by atoms with Crippen LogP contribution in [0.25, 0.3) is 0 Å². The molecule has 0 radical (unpaired) electrons. The quantitative estimate of drug-likeness (QED) is 0.826. The van der Waals surface area contributed by atoms with E-state index in [1.807, 2.05) is 4.90 Å². The van der Waals surface area contributed by atoms with Gasteiger partial charge in [-0.15, -0.1) is 0 Å². The van der Waals surface area contributed by atoms with Crippen LogP contribution >= 0.6 is 0 Å². The van der Waals surface area contributed by atoms with E-state index in [-0.39, 0.29) is 18.4 Å². The molecule has 0 aromatic carbocycles. The van der Waals surface area contributed by atoms with Gasteiger partial charge in [-0.1, -0.05) is 6.92 Å². The lowest BCUT2D eigenvalue weighted by atomic mass is 9.85. The van der Waals surface area contributed by atoms with Gasteiger partial charge in [0.25, 0.3) is 0 Å². The predicted octanol–water partition coefficient (Wildman–Crippen LogP) is 1.09. The molecule has 2 amide bonds. The molecule has 5 nitrogen and oxygen atoms in total. The average molecular weight is 295 g/mol. The molecule has 5 heteroatoms. The molecule has 0 saturated carbocycles. The molecule has 0 spiro atoms. The van der Waals surface area contributed by atoms with Crippen LogP contribution in [0.3, 0.4) is 0 Å². The Labute approximate surface area is 128 Å². The van der Waals surface area contributed by atoms with Crippen molar-refractivity contribution in [3.05, 3.63) is 0 Å². The molecule has 2 atom stereocenters. The van der Waals surface area contributed by atoms with E-state index in [0.29, 0.717) is 18.3 Å². The van der Waals surface area contributed by atoms with E-state index in [2.05, 4.69) is 12.2 Å². The van der Waals surface area contributed by atoms with Crippen LogP contribution in [0.1, 0.15) is 39.0 Å². The number of rotatable bonds is 5. The van der Waals surface area contributed by atoms with Gasteiger partial charge in [0.15, 0.2) is 0 Å². The Balaban J connectivity index is 1.74. The first-order valence-electron chi connectivity index (χ1n) is 8.30. The van der Waals surface area contributed by atoms with Gasteiger partial charge in [0.1, 0.15) is 0 Å². The standard InChI is InChI=1S/C16H29N3O2/c1-13(14-6-5-7-17-11-14)10-15(20)18(2)12-16(21)19-8-3-4-9-19/h13-14,17H,3-12H2,1-2H3. The van der Waals surface area contributed by atoms with E-state index in [1.54, 1.807) is 11.9 Å². The monoisotopic (exact) mass is 295 g/mol. The first-order chi connectivity index (χ1) is 10.1. The van der Waals surface area contributed by atoms with E-state index < -0.39 is 0 Å². The number of carbonyl (C=O) groups is 2. The third-order valence-corrected chi connectivity index (χ3v) is 4.89. The van der Waals surface area contributed by atoms with Crippen molar-refractivity contribution < 1.29 is 9.59 Å². The van der Waals surface area contributed by atoms with E-state index >= 15 is 0 Å². The SMILES string of the molecule is CC(CC(=O)N(C)CC(=O)N1CCCC1)C1CCCNC1. The molecule has 2 fully saturated rings. The van der Waals surface area contributed by atoms with Gasteiger partial charge in [0.05, 0.1) is 6.54 Å². The maximum atomic E-state index is 12.3. The van der Waals surface area contributed by atoms with Gasteiger partial charge in [0.2, 0.25) is 11.8 Å². The fraction of sp³-hybridized carbons (Fsp3) is 0.875. The fourth-order valence-corrected chi connectivity index (χ4v) is 3.32. The highest BCUT2D eigenvalue weighted by atomic mass is 16.2. The summed E-state index contributed by atoms with van der Waals surface area (Å²) < 4.78 is 0. The van der Waals surface area contributed by atoms with Crippen molar-refractivity contribution in [3.63, 3.8) is 0 Å². The molecule has 2 heterocycles. The van der Waals surface area contributed by atoms with E-state index in [1.165, 1.54) is 12.8 Å². The van der Waals surface area contributed by atoms with Gasteiger partial charge in [-0.2, -0.15) is 0 Å². The first kappa shape index (κ1) is 16.3. The molecule has 0 bridgehead atoms. The van der Waals surface area contributed by atoms with Crippen LogP contribution in [0.15, 0.2) is 0 Å². The minimum atomic E-state index is 0.0929. The third kappa shape index (κ3) is 4.70. The number of amides is 2. The normalized spacial score (nSPS) is 23.9. The Morgan fingerprint density at radius 3 is 2.62 bits per heavy atom. The van der Waals surface area contributed by atoms with Gasteiger partial charge in [-0.25, -0.2) is 0 Å². The van der Waals surface area contributed by atoms with Crippen molar-refractivity contribution in [3.8, 4) is 0 Å². The predicted molar refractivity (Wildman–Crippen MR) is 82.8 cm³/mol. The lowest BCUT2D eigenvalue weighted by Crippen LogP contribution is -2.41. The average Bonchev–Trinajstić information content (AvgIpc) is 3.02. The number of piperidine rings is 1. The molecule has 1 N–H and O–H groups in total. The van der Waals surface area contributed by atoms with Crippen molar-refractivity contribution >= 4 is 11.8 Å². The topological polar surface area (TPSA) is 52.7 Å². The Morgan fingerprint density at radius 1 is 1.29 bits per heavy atom. The van der Waals surface area contributed by atoms with Gasteiger partial charge >= 0.3 is 0 Å². The van der Waals surface area contributed by atoms with Crippen LogP contribution in [0.4, 0.5) is 0 Å². The zero-order chi connectivity index (χ0) is 15.2. The van der Waals surface area contributed by atoms with Gasteiger partial charge in [-0.05, 0) is 50.6 Å². The second-order valence-corrected chi connectivity index (χ2v) is 6.63. The number of hydrogen-bond donors (Lipinski definition) is 1.